The molecule has 1 aromatic rings. The average Bonchev–Trinajstić information content (AvgIpc) is 2.36. The van der Waals surface area contributed by atoms with Gasteiger partial charge in [0, 0.05) is 18.1 Å². The Kier molecular flexibility index (Phi) is 3.20. The van der Waals surface area contributed by atoms with Crippen LogP contribution in [0.5, 0.6) is 11.5 Å². The number of rotatable bonds is 1. The summed E-state index contributed by atoms with van der Waals surface area (Å²) in [6.45, 7) is 4.59. The van der Waals surface area contributed by atoms with Crippen molar-refractivity contribution in [1.29, 1.82) is 0 Å². The number of fused-ring (bicyclic) bond motifs is 1. The fraction of sp³-hybridized carbons (Fsp3) is 0.647. The highest BCUT2D eigenvalue weighted by atomic mass is 16.5. The largest absolute Gasteiger partial charge is 0.497 e. The number of hydrogen-bond acceptors (Lipinski definition) is 3. The third-order valence-corrected chi connectivity index (χ3v) is 4.76. The number of aliphatic hydroxyl groups excluding tert-OH is 1. The normalized spacial score (nSPS) is 31.5. The first-order valence-electron chi connectivity index (χ1n) is 7.48. The summed E-state index contributed by atoms with van der Waals surface area (Å²) < 4.78 is 11.6. The van der Waals surface area contributed by atoms with Crippen LogP contribution in [0.4, 0.5) is 0 Å². The molecule has 20 heavy (non-hydrogen) atoms. The minimum Gasteiger partial charge on any atom is -0.497 e. The molecular weight excluding hydrogens is 252 g/mol. The molecule has 0 bridgehead atoms. The predicted molar refractivity (Wildman–Crippen MR) is 78.2 cm³/mol. The second kappa shape index (κ2) is 4.66. The van der Waals surface area contributed by atoms with Gasteiger partial charge in [0.1, 0.15) is 17.1 Å². The monoisotopic (exact) mass is 276 g/mol. The van der Waals surface area contributed by atoms with E-state index < -0.39 is 6.10 Å². The minimum atomic E-state index is -0.432. The Hall–Kier alpha value is -1.22. The molecule has 3 nitrogen and oxygen atoms in total. The fourth-order valence-corrected chi connectivity index (χ4v) is 3.94. The van der Waals surface area contributed by atoms with Crippen molar-refractivity contribution < 1.29 is 14.6 Å². The Morgan fingerprint density at radius 2 is 2.10 bits per heavy atom. The molecule has 1 aliphatic carbocycles. The van der Waals surface area contributed by atoms with Crippen molar-refractivity contribution in [2.24, 2.45) is 5.41 Å². The molecule has 1 unspecified atom stereocenters. The lowest BCUT2D eigenvalue weighted by molar-refractivity contribution is -0.0677. The highest BCUT2D eigenvalue weighted by molar-refractivity contribution is 5.44. The Balaban J connectivity index is 1.94. The molecule has 2 atom stereocenters. The van der Waals surface area contributed by atoms with E-state index in [4.69, 9.17) is 9.47 Å². The van der Waals surface area contributed by atoms with E-state index in [0.29, 0.717) is 6.42 Å². The first-order chi connectivity index (χ1) is 9.43. The first-order valence-corrected chi connectivity index (χ1v) is 7.48. The quantitative estimate of drug-likeness (QED) is 0.846. The molecule has 1 N–H and O–H groups in total. The molecule has 0 aromatic heterocycles. The van der Waals surface area contributed by atoms with Gasteiger partial charge in [0.05, 0.1) is 13.2 Å². The van der Waals surface area contributed by atoms with Crippen molar-refractivity contribution >= 4 is 0 Å². The van der Waals surface area contributed by atoms with Crippen molar-refractivity contribution in [2.75, 3.05) is 7.11 Å². The second-order valence-corrected chi connectivity index (χ2v) is 7.10. The minimum absolute atomic E-state index is 0.208. The van der Waals surface area contributed by atoms with E-state index in [1.165, 1.54) is 12.8 Å². The molecule has 1 heterocycles. The first kappa shape index (κ1) is 13.7. The number of methoxy groups -OCH3 is 1. The maximum absolute atomic E-state index is 10.5. The van der Waals surface area contributed by atoms with Crippen LogP contribution in [0.1, 0.15) is 57.6 Å². The maximum Gasteiger partial charge on any atom is 0.129 e. The molecule has 110 valence electrons. The zero-order valence-electron chi connectivity index (χ0n) is 12.6. The zero-order valence-corrected chi connectivity index (χ0v) is 12.6. The molecule has 1 saturated carbocycles. The second-order valence-electron chi connectivity index (χ2n) is 7.10. The van der Waals surface area contributed by atoms with E-state index in [9.17, 15) is 5.11 Å². The van der Waals surface area contributed by atoms with Crippen LogP contribution in [0.25, 0.3) is 0 Å². The summed E-state index contributed by atoms with van der Waals surface area (Å²) in [5, 5.41) is 10.5. The van der Waals surface area contributed by atoms with Gasteiger partial charge in [-0.2, -0.15) is 0 Å². The molecule has 3 rings (SSSR count). The SMILES string of the molecule is COc1ccc2c(c1)OC1(CCCC(C)(C)C1)C[C@@H]2O. The summed E-state index contributed by atoms with van der Waals surface area (Å²) in [5.41, 5.74) is 0.967. The molecule has 1 aromatic carbocycles. The van der Waals surface area contributed by atoms with E-state index in [2.05, 4.69) is 13.8 Å². The Labute approximate surface area is 120 Å². The fourth-order valence-electron chi connectivity index (χ4n) is 3.94. The van der Waals surface area contributed by atoms with Crippen molar-refractivity contribution in [2.45, 2.75) is 57.7 Å². The van der Waals surface area contributed by atoms with E-state index >= 15 is 0 Å². The number of ether oxygens (including phenoxy) is 2. The Morgan fingerprint density at radius 1 is 1.30 bits per heavy atom. The van der Waals surface area contributed by atoms with Crippen LogP contribution in [-0.4, -0.2) is 17.8 Å². The van der Waals surface area contributed by atoms with Crippen molar-refractivity contribution in [1.82, 2.24) is 0 Å². The van der Waals surface area contributed by atoms with Crippen LogP contribution in [0.15, 0.2) is 18.2 Å². The van der Waals surface area contributed by atoms with Crippen LogP contribution in [0.2, 0.25) is 0 Å². The van der Waals surface area contributed by atoms with Crippen LogP contribution in [0, 0.1) is 5.41 Å². The van der Waals surface area contributed by atoms with E-state index in [0.717, 1.165) is 29.9 Å². The summed E-state index contributed by atoms with van der Waals surface area (Å²) in [6.07, 6.45) is 4.71. The zero-order chi connectivity index (χ0) is 14.4. The molecule has 3 heteroatoms. The van der Waals surface area contributed by atoms with Crippen molar-refractivity contribution in [3.63, 3.8) is 0 Å². The molecule has 1 fully saturated rings. The highest BCUT2D eigenvalue weighted by Crippen LogP contribution is 2.51. The van der Waals surface area contributed by atoms with Gasteiger partial charge in [-0.15, -0.1) is 0 Å². The van der Waals surface area contributed by atoms with Gasteiger partial charge in [-0.05, 0) is 43.2 Å². The lowest BCUT2D eigenvalue weighted by Crippen LogP contribution is -2.47. The van der Waals surface area contributed by atoms with Gasteiger partial charge in [-0.3, -0.25) is 0 Å². The molecule has 1 aliphatic heterocycles. The molecule has 1 spiro atoms. The van der Waals surface area contributed by atoms with Crippen LogP contribution >= 0.6 is 0 Å². The summed E-state index contributed by atoms with van der Waals surface area (Å²) in [5.74, 6) is 1.57. The van der Waals surface area contributed by atoms with Crippen molar-refractivity contribution in [3.05, 3.63) is 23.8 Å². The van der Waals surface area contributed by atoms with Gasteiger partial charge < -0.3 is 14.6 Å². The third kappa shape index (κ3) is 2.39. The molecule has 0 amide bonds. The molecule has 0 saturated heterocycles. The number of benzene rings is 1. The van der Waals surface area contributed by atoms with Gasteiger partial charge in [0.2, 0.25) is 0 Å². The van der Waals surface area contributed by atoms with E-state index in [1.807, 2.05) is 18.2 Å². The third-order valence-electron chi connectivity index (χ3n) is 4.76. The number of aliphatic hydroxyl groups is 1. The van der Waals surface area contributed by atoms with Crippen LogP contribution < -0.4 is 9.47 Å². The topological polar surface area (TPSA) is 38.7 Å². The van der Waals surface area contributed by atoms with Gasteiger partial charge in [0.15, 0.2) is 0 Å². The lowest BCUT2D eigenvalue weighted by Gasteiger charge is -2.48. The van der Waals surface area contributed by atoms with Gasteiger partial charge >= 0.3 is 0 Å². The summed E-state index contributed by atoms with van der Waals surface area (Å²) >= 11 is 0. The smallest absolute Gasteiger partial charge is 0.129 e. The van der Waals surface area contributed by atoms with Gasteiger partial charge in [-0.25, -0.2) is 0 Å². The lowest BCUT2D eigenvalue weighted by atomic mass is 9.67. The maximum atomic E-state index is 10.5. The van der Waals surface area contributed by atoms with Gasteiger partial charge in [0.25, 0.3) is 0 Å². The number of hydrogen-bond donors (Lipinski definition) is 1. The van der Waals surface area contributed by atoms with E-state index in [1.54, 1.807) is 7.11 Å². The van der Waals surface area contributed by atoms with Crippen molar-refractivity contribution in [3.8, 4) is 11.5 Å². The summed E-state index contributed by atoms with van der Waals surface area (Å²) in [6, 6.07) is 5.70. The van der Waals surface area contributed by atoms with Gasteiger partial charge in [-0.1, -0.05) is 13.8 Å². The summed E-state index contributed by atoms with van der Waals surface area (Å²) in [4.78, 5) is 0. The standard InChI is InChI=1S/C17H24O3/c1-16(2)7-4-8-17(11-16)10-14(18)13-6-5-12(19-3)9-15(13)20-17/h5-6,9,14,18H,4,7-8,10-11H2,1-3H3/t14-,17?/m0/s1. The molecule has 0 radical (unpaired) electrons. The summed E-state index contributed by atoms with van der Waals surface area (Å²) in [7, 11) is 1.65. The highest BCUT2D eigenvalue weighted by Gasteiger charge is 2.46. The Morgan fingerprint density at radius 3 is 2.80 bits per heavy atom. The van der Waals surface area contributed by atoms with Crippen LogP contribution in [-0.2, 0) is 0 Å². The molecular formula is C17H24O3. The van der Waals surface area contributed by atoms with Crippen LogP contribution in [0.3, 0.4) is 0 Å². The van der Waals surface area contributed by atoms with E-state index in [-0.39, 0.29) is 11.0 Å². The predicted octanol–water partition coefficient (Wildman–Crippen LogP) is 3.85. The Bertz CT molecular complexity index is 509. The molecule has 2 aliphatic rings. The average molecular weight is 276 g/mol.